The van der Waals surface area contributed by atoms with E-state index in [1.54, 1.807) is 0 Å². The second kappa shape index (κ2) is 4.63. The van der Waals surface area contributed by atoms with E-state index in [4.69, 9.17) is 30.0 Å². The number of fused-ring (bicyclic) bond motifs is 2. The Hall–Kier alpha value is -0.240. The van der Waals surface area contributed by atoms with Crippen molar-refractivity contribution in [1.29, 1.82) is 0 Å². The zero-order valence-corrected chi connectivity index (χ0v) is 12.9. The van der Waals surface area contributed by atoms with E-state index in [1.807, 2.05) is 6.92 Å². The molecule has 1 saturated carbocycles. The number of ether oxygens (including phenoxy) is 2. The third-order valence-electron chi connectivity index (χ3n) is 6.23. The molecule has 5 aliphatic rings. The lowest BCUT2D eigenvalue weighted by atomic mass is 9.58. The van der Waals surface area contributed by atoms with Gasteiger partial charge in [0.2, 0.25) is 5.79 Å². The largest absolute Gasteiger partial charge is 0.318 e. The topological polar surface area (TPSA) is 72.2 Å². The highest BCUT2D eigenvalue weighted by Gasteiger charge is 2.69. The zero-order chi connectivity index (χ0) is 14.8. The van der Waals surface area contributed by atoms with E-state index >= 15 is 0 Å². The Morgan fingerprint density at radius 2 is 1.90 bits per heavy atom. The van der Waals surface area contributed by atoms with Gasteiger partial charge in [0.25, 0.3) is 0 Å². The monoisotopic (exact) mass is 299 g/mol. The van der Waals surface area contributed by atoms with Crippen molar-refractivity contribution in [3.8, 4) is 0 Å². The minimum Gasteiger partial charge on any atom is -0.318 e. The van der Waals surface area contributed by atoms with Crippen molar-refractivity contribution in [2.45, 2.75) is 70.4 Å². The van der Waals surface area contributed by atoms with E-state index in [1.165, 1.54) is 6.42 Å². The molecule has 5 fully saturated rings. The second-order valence-corrected chi connectivity index (χ2v) is 7.41. The van der Waals surface area contributed by atoms with Crippen LogP contribution in [0.2, 0.25) is 0 Å². The molecule has 21 heavy (non-hydrogen) atoms. The van der Waals surface area contributed by atoms with Crippen LogP contribution in [0.1, 0.15) is 46.5 Å². The molecule has 120 valence electrons. The minimum atomic E-state index is -0.739. The average Bonchev–Trinajstić information content (AvgIpc) is 2.69. The summed E-state index contributed by atoms with van der Waals surface area (Å²) < 4.78 is 12.2. The summed E-state index contributed by atoms with van der Waals surface area (Å²) in [6.07, 6.45) is 3.17. The molecule has 0 amide bonds. The van der Waals surface area contributed by atoms with Gasteiger partial charge in [0.05, 0.1) is 0 Å². The molecule has 4 saturated heterocycles. The van der Waals surface area contributed by atoms with Crippen LogP contribution in [0.3, 0.4) is 0 Å². The fourth-order valence-electron chi connectivity index (χ4n) is 5.03. The van der Waals surface area contributed by atoms with Gasteiger partial charge in [-0.2, -0.15) is 0 Å². The molecular weight excluding hydrogens is 274 g/mol. The van der Waals surface area contributed by atoms with Gasteiger partial charge in [-0.3, -0.25) is 4.84 Å². The molecule has 5 rings (SSSR count). The van der Waals surface area contributed by atoms with Gasteiger partial charge in [-0.15, -0.1) is 0 Å². The highest BCUT2D eigenvalue weighted by Crippen LogP contribution is 2.60. The standard InChI is InChI=1S/C15H25NO5/c1-8-4-5-11-9(2)12(19-16)17-13-15(11)10(8)6-7-14(3,18-13)20-21-15/h8-13H,4-7,16H2,1-3H3/t8-,9-,10?,11?,12?,13?,14-,15-/m1/s1. The Kier molecular flexibility index (Phi) is 3.17. The maximum Gasteiger partial charge on any atom is 0.201 e. The molecule has 0 radical (unpaired) electrons. The molecule has 0 aromatic rings. The minimum absolute atomic E-state index is 0.149. The maximum atomic E-state index is 6.15. The van der Waals surface area contributed by atoms with Crippen LogP contribution in [0.4, 0.5) is 0 Å². The van der Waals surface area contributed by atoms with Crippen LogP contribution in [0.15, 0.2) is 0 Å². The molecule has 0 aromatic carbocycles. The van der Waals surface area contributed by atoms with Gasteiger partial charge in [-0.25, -0.2) is 15.7 Å². The van der Waals surface area contributed by atoms with Crippen molar-refractivity contribution in [3.63, 3.8) is 0 Å². The molecule has 4 aliphatic heterocycles. The predicted molar refractivity (Wildman–Crippen MR) is 72.1 cm³/mol. The van der Waals surface area contributed by atoms with E-state index in [-0.39, 0.29) is 11.8 Å². The fraction of sp³-hybridized carbons (Fsp3) is 1.00. The van der Waals surface area contributed by atoms with Crippen molar-refractivity contribution in [2.75, 3.05) is 0 Å². The molecule has 8 atom stereocenters. The van der Waals surface area contributed by atoms with Gasteiger partial charge in [-0.05, 0) is 38.0 Å². The van der Waals surface area contributed by atoms with Crippen LogP contribution in [0.25, 0.3) is 0 Å². The number of hydrogen-bond donors (Lipinski definition) is 1. The van der Waals surface area contributed by atoms with Crippen LogP contribution in [-0.2, 0) is 24.1 Å². The molecule has 2 bridgehead atoms. The van der Waals surface area contributed by atoms with Gasteiger partial charge in [0.1, 0.15) is 0 Å². The Labute approximate surface area is 125 Å². The first-order chi connectivity index (χ1) is 10.00. The summed E-state index contributed by atoms with van der Waals surface area (Å²) in [5.74, 6) is 6.06. The molecule has 1 aliphatic carbocycles. The van der Waals surface area contributed by atoms with Crippen LogP contribution in [-0.4, -0.2) is 24.0 Å². The molecule has 2 N–H and O–H groups in total. The second-order valence-electron chi connectivity index (χ2n) is 7.41. The van der Waals surface area contributed by atoms with E-state index < -0.39 is 24.0 Å². The van der Waals surface area contributed by atoms with Gasteiger partial charge in [-0.1, -0.05) is 13.8 Å². The van der Waals surface area contributed by atoms with Crippen molar-refractivity contribution in [3.05, 3.63) is 0 Å². The van der Waals surface area contributed by atoms with E-state index in [9.17, 15) is 0 Å². The van der Waals surface area contributed by atoms with E-state index in [2.05, 4.69) is 13.8 Å². The van der Waals surface area contributed by atoms with Crippen LogP contribution >= 0.6 is 0 Å². The lowest BCUT2D eigenvalue weighted by molar-refractivity contribution is -0.577. The van der Waals surface area contributed by atoms with Crippen molar-refractivity contribution in [2.24, 2.45) is 29.6 Å². The summed E-state index contributed by atoms with van der Waals surface area (Å²) in [6.45, 7) is 6.33. The quantitative estimate of drug-likeness (QED) is 0.590. The molecule has 4 unspecified atom stereocenters. The van der Waals surface area contributed by atoms with Crippen LogP contribution < -0.4 is 5.90 Å². The fourth-order valence-corrected chi connectivity index (χ4v) is 5.03. The lowest BCUT2D eigenvalue weighted by Gasteiger charge is -2.59. The summed E-state index contributed by atoms with van der Waals surface area (Å²) in [5.41, 5.74) is -0.526. The predicted octanol–water partition coefficient (Wildman–Crippen LogP) is 2.08. The third kappa shape index (κ3) is 1.81. The van der Waals surface area contributed by atoms with Crippen molar-refractivity contribution >= 4 is 0 Å². The summed E-state index contributed by atoms with van der Waals surface area (Å²) in [4.78, 5) is 16.8. The Morgan fingerprint density at radius 3 is 2.67 bits per heavy atom. The first kappa shape index (κ1) is 14.4. The smallest absolute Gasteiger partial charge is 0.201 e. The zero-order valence-electron chi connectivity index (χ0n) is 12.9. The molecule has 1 spiro atoms. The van der Waals surface area contributed by atoms with Gasteiger partial charge >= 0.3 is 0 Å². The normalized spacial score (nSPS) is 59.4. The Balaban J connectivity index is 1.79. The number of hydrogen-bond acceptors (Lipinski definition) is 6. The van der Waals surface area contributed by atoms with Crippen molar-refractivity contribution in [1.82, 2.24) is 0 Å². The summed E-state index contributed by atoms with van der Waals surface area (Å²) in [6, 6.07) is 0. The molecule has 4 heterocycles. The van der Waals surface area contributed by atoms with Crippen molar-refractivity contribution < 1.29 is 24.1 Å². The average molecular weight is 299 g/mol. The number of rotatable bonds is 1. The summed E-state index contributed by atoms with van der Waals surface area (Å²) >= 11 is 0. The Bertz CT molecular complexity index is 434. The molecule has 6 heteroatoms. The molecule has 0 aromatic heterocycles. The first-order valence-corrected chi connectivity index (χ1v) is 8.06. The highest BCUT2D eigenvalue weighted by molar-refractivity contribution is 5.08. The van der Waals surface area contributed by atoms with E-state index in [0.29, 0.717) is 11.8 Å². The summed E-state index contributed by atoms with van der Waals surface area (Å²) in [7, 11) is 0. The van der Waals surface area contributed by atoms with Gasteiger partial charge in [0.15, 0.2) is 18.2 Å². The molecular formula is C15H25NO5. The lowest BCUT2D eigenvalue weighted by Crippen LogP contribution is -2.70. The number of nitrogens with two attached hydrogens (primary N) is 1. The third-order valence-corrected chi connectivity index (χ3v) is 6.23. The SMILES string of the molecule is C[C@H]1C(ON)OC2O[C@@]3(C)CCC4[C@H](C)CCC1[C@@]24OO3. The summed E-state index contributed by atoms with van der Waals surface area (Å²) in [5, 5.41) is 0. The maximum absolute atomic E-state index is 6.15. The van der Waals surface area contributed by atoms with E-state index in [0.717, 1.165) is 19.3 Å². The van der Waals surface area contributed by atoms with Gasteiger partial charge < -0.3 is 9.47 Å². The van der Waals surface area contributed by atoms with Crippen LogP contribution in [0, 0.1) is 23.7 Å². The molecule has 6 nitrogen and oxygen atoms in total. The highest BCUT2D eigenvalue weighted by atomic mass is 17.3. The Morgan fingerprint density at radius 1 is 1.10 bits per heavy atom. The van der Waals surface area contributed by atoms with Gasteiger partial charge in [0, 0.05) is 18.3 Å². The first-order valence-electron chi connectivity index (χ1n) is 8.06. The van der Waals surface area contributed by atoms with Crippen LogP contribution in [0.5, 0.6) is 0 Å².